The molecule has 0 aliphatic carbocycles. The maximum Gasteiger partial charge on any atom is 0.346 e. The summed E-state index contributed by atoms with van der Waals surface area (Å²) in [5, 5.41) is 0. The van der Waals surface area contributed by atoms with E-state index in [9.17, 15) is 4.79 Å². The Balaban J connectivity index is 1.65. The molecule has 3 aromatic rings. The van der Waals surface area contributed by atoms with E-state index in [4.69, 9.17) is 9.57 Å². The van der Waals surface area contributed by atoms with Crippen LogP contribution in [0.15, 0.2) is 48.8 Å². The van der Waals surface area contributed by atoms with Crippen LogP contribution in [0.2, 0.25) is 0 Å². The molecule has 1 unspecified atom stereocenters. The molecule has 1 fully saturated rings. The molecule has 4 rings (SSSR count). The highest BCUT2D eigenvalue weighted by molar-refractivity contribution is 5.95. The van der Waals surface area contributed by atoms with Crippen LogP contribution in [-0.2, 0) is 4.84 Å². The standard InChI is InChI=1S/C19H20N4O3/c1-2-9-25-15-6-3-13(4-7-15)18-11-26-22-19(24)23(18)14-5-8-16-17(10-14)21-12-20-16/h3-8,10,12,18H,2,9,11H2,1H3,(H,20,21)(H,22,24). The van der Waals surface area contributed by atoms with Crippen molar-refractivity contribution < 1.29 is 14.4 Å². The number of amides is 2. The Bertz CT molecular complexity index is 907. The summed E-state index contributed by atoms with van der Waals surface area (Å²) < 4.78 is 5.63. The number of fused-ring (bicyclic) bond motifs is 1. The van der Waals surface area contributed by atoms with Crippen molar-refractivity contribution in [3.05, 3.63) is 54.4 Å². The molecule has 134 valence electrons. The summed E-state index contributed by atoms with van der Waals surface area (Å²) in [6, 6.07) is 13.0. The lowest BCUT2D eigenvalue weighted by atomic mass is 10.0. The van der Waals surface area contributed by atoms with E-state index in [0.29, 0.717) is 13.2 Å². The topological polar surface area (TPSA) is 79.5 Å². The van der Waals surface area contributed by atoms with Crippen LogP contribution in [0.5, 0.6) is 5.75 Å². The molecule has 2 aromatic carbocycles. The molecule has 26 heavy (non-hydrogen) atoms. The van der Waals surface area contributed by atoms with Crippen molar-refractivity contribution in [3.8, 4) is 5.75 Å². The summed E-state index contributed by atoms with van der Waals surface area (Å²) in [4.78, 5) is 26.8. The van der Waals surface area contributed by atoms with Gasteiger partial charge in [0.05, 0.1) is 36.6 Å². The van der Waals surface area contributed by atoms with Gasteiger partial charge in [0.15, 0.2) is 0 Å². The first-order chi connectivity index (χ1) is 12.8. The molecular weight excluding hydrogens is 332 g/mol. The number of urea groups is 1. The number of hydrogen-bond donors (Lipinski definition) is 2. The van der Waals surface area contributed by atoms with Crippen molar-refractivity contribution in [1.29, 1.82) is 0 Å². The van der Waals surface area contributed by atoms with Crippen molar-refractivity contribution in [2.24, 2.45) is 0 Å². The van der Waals surface area contributed by atoms with Gasteiger partial charge in [-0.05, 0) is 42.3 Å². The van der Waals surface area contributed by atoms with Crippen molar-refractivity contribution in [1.82, 2.24) is 15.4 Å². The molecule has 1 aromatic heterocycles. The van der Waals surface area contributed by atoms with Gasteiger partial charge in [0, 0.05) is 5.69 Å². The van der Waals surface area contributed by atoms with E-state index in [2.05, 4.69) is 22.4 Å². The highest BCUT2D eigenvalue weighted by Gasteiger charge is 2.31. The third-order valence-electron chi connectivity index (χ3n) is 4.35. The Morgan fingerprint density at radius 3 is 2.92 bits per heavy atom. The number of aromatic nitrogens is 2. The Hall–Kier alpha value is -3.06. The van der Waals surface area contributed by atoms with E-state index < -0.39 is 0 Å². The summed E-state index contributed by atoms with van der Waals surface area (Å²) in [5.41, 5.74) is 5.94. The molecule has 0 radical (unpaired) electrons. The largest absolute Gasteiger partial charge is 0.494 e. The Morgan fingerprint density at radius 1 is 1.27 bits per heavy atom. The summed E-state index contributed by atoms with van der Waals surface area (Å²) in [6.07, 6.45) is 2.60. The zero-order valence-corrected chi connectivity index (χ0v) is 14.4. The molecule has 0 spiro atoms. The van der Waals surface area contributed by atoms with E-state index in [1.54, 1.807) is 11.2 Å². The van der Waals surface area contributed by atoms with Crippen LogP contribution in [0.4, 0.5) is 10.5 Å². The summed E-state index contributed by atoms with van der Waals surface area (Å²) in [7, 11) is 0. The number of anilines is 1. The molecule has 1 atom stereocenters. The monoisotopic (exact) mass is 352 g/mol. The van der Waals surface area contributed by atoms with E-state index in [1.165, 1.54) is 0 Å². The predicted molar refractivity (Wildman–Crippen MR) is 98.0 cm³/mol. The molecule has 7 heteroatoms. The number of nitrogens with zero attached hydrogens (tertiary/aromatic N) is 2. The lowest BCUT2D eigenvalue weighted by Crippen LogP contribution is -2.49. The van der Waals surface area contributed by atoms with Crippen molar-refractivity contribution in [2.75, 3.05) is 18.1 Å². The minimum Gasteiger partial charge on any atom is -0.494 e. The molecule has 2 heterocycles. The van der Waals surface area contributed by atoms with Gasteiger partial charge in [0.1, 0.15) is 5.75 Å². The fourth-order valence-corrected chi connectivity index (χ4v) is 3.07. The second-order valence-corrected chi connectivity index (χ2v) is 6.13. The average molecular weight is 352 g/mol. The Morgan fingerprint density at radius 2 is 2.12 bits per heavy atom. The Labute approximate surface area is 150 Å². The SMILES string of the molecule is CCCOc1ccc(C2CONC(=O)N2c2ccc3nc[nH]c3c2)cc1. The molecule has 2 amide bonds. The number of hydroxylamine groups is 1. The third kappa shape index (κ3) is 3.09. The average Bonchev–Trinajstić information content (AvgIpc) is 3.14. The molecule has 1 aliphatic rings. The van der Waals surface area contributed by atoms with Crippen LogP contribution < -0.4 is 15.1 Å². The second kappa shape index (κ2) is 7.05. The van der Waals surface area contributed by atoms with Crippen LogP contribution in [0.25, 0.3) is 11.0 Å². The fraction of sp³-hybridized carbons (Fsp3) is 0.263. The Kier molecular flexibility index (Phi) is 4.45. The van der Waals surface area contributed by atoms with Crippen LogP contribution in [0.1, 0.15) is 24.9 Å². The van der Waals surface area contributed by atoms with Gasteiger partial charge in [-0.1, -0.05) is 19.1 Å². The minimum absolute atomic E-state index is 0.232. The van der Waals surface area contributed by atoms with E-state index in [-0.39, 0.29) is 12.1 Å². The summed E-state index contributed by atoms with van der Waals surface area (Å²) in [6.45, 7) is 3.10. The quantitative estimate of drug-likeness (QED) is 0.736. The number of nitrogens with one attached hydrogen (secondary N) is 2. The molecule has 7 nitrogen and oxygen atoms in total. The molecule has 0 saturated carbocycles. The number of benzene rings is 2. The molecule has 2 N–H and O–H groups in total. The van der Waals surface area contributed by atoms with Gasteiger partial charge < -0.3 is 9.72 Å². The zero-order chi connectivity index (χ0) is 17.9. The molecule has 1 saturated heterocycles. The summed E-state index contributed by atoms with van der Waals surface area (Å²) in [5.74, 6) is 0.821. The van der Waals surface area contributed by atoms with Gasteiger partial charge >= 0.3 is 6.03 Å². The highest BCUT2D eigenvalue weighted by atomic mass is 16.7. The number of imidazole rings is 1. The number of H-pyrrole nitrogens is 1. The number of ether oxygens (including phenoxy) is 1. The van der Waals surface area contributed by atoms with Gasteiger partial charge in [-0.15, -0.1) is 0 Å². The number of carbonyl (C=O) groups is 1. The maximum absolute atomic E-state index is 12.5. The van der Waals surface area contributed by atoms with E-state index >= 15 is 0 Å². The first-order valence-electron chi connectivity index (χ1n) is 8.63. The third-order valence-corrected chi connectivity index (χ3v) is 4.35. The van der Waals surface area contributed by atoms with Gasteiger partial charge in [-0.2, -0.15) is 0 Å². The lowest BCUT2D eigenvalue weighted by Gasteiger charge is -2.35. The van der Waals surface area contributed by atoms with Crippen LogP contribution >= 0.6 is 0 Å². The van der Waals surface area contributed by atoms with Crippen LogP contribution in [0.3, 0.4) is 0 Å². The molecular formula is C19H20N4O3. The number of rotatable bonds is 5. The first-order valence-corrected chi connectivity index (χ1v) is 8.63. The molecule has 1 aliphatic heterocycles. The van der Waals surface area contributed by atoms with Crippen molar-refractivity contribution in [2.45, 2.75) is 19.4 Å². The van der Waals surface area contributed by atoms with Gasteiger partial charge in [0.25, 0.3) is 0 Å². The van der Waals surface area contributed by atoms with Crippen LogP contribution in [-0.4, -0.2) is 29.2 Å². The van der Waals surface area contributed by atoms with E-state index in [1.807, 2.05) is 42.5 Å². The zero-order valence-electron chi connectivity index (χ0n) is 14.4. The summed E-state index contributed by atoms with van der Waals surface area (Å²) >= 11 is 0. The number of carbonyl (C=O) groups excluding carboxylic acids is 1. The lowest BCUT2D eigenvalue weighted by molar-refractivity contribution is 0.0335. The normalized spacial score (nSPS) is 17.3. The smallest absolute Gasteiger partial charge is 0.346 e. The van der Waals surface area contributed by atoms with Gasteiger partial charge in [0.2, 0.25) is 0 Å². The highest BCUT2D eigenvalue weighted by Crippen LogP contribution is 2.32. The first kappa shape index (κ1) is 16.4. The second-order valence-electron chi connectivity index (χ2n) is 6.13. The van der Waals surface area contributed by atoms with Crippen molar-refractivity contribution >= 4 is 22.8 Å². The predicted octanol–water partition coefficient (Wildman–Crippen LogP) is 3.55. The van der Waals surface area contributed by atoms with Gasteiger partial charge in [-0.3, -0.25) is 9.74 Å². The van der Waals surface area contributed by atoms with E-state index in [0.717, 1.165) is 34.5 Å². The number of hydrogen-bond acceptors (Lipinski definition) is 4. The number of aromatic amines is 1. The maximum atomic E-state index is 12.5. The van der Waals surface area contributed by atoms with Crippen LogP contribution in [0, 0.1) is 0 Å². The van der Waals surface area contributed by atoms with Crippen molar-refractivity contribution in [3.63, 3.8) is 0 Å². The fourth-order valence-electron chi connectivity index (χ4n) is 3.07. The van der Waals surface area contributed by atoms with Gasteiger partial charge in [-0.25, -0.2) is 15.3 Å². The minimum atomic E-state index is -0.300. The molecule has 0 bridgehead atoms.